The summed E-state index contributed by atoms with van der Waals surface area (Å²) < 4.78 is 11.4. The monoisotopic (exact) mass is 294 g/mol. The molecular weight excluding hydrogens is 266 g/mol. The minimum Gasteiger partial charge on any atom is -0.491 e. The predicted octanol–water partition coefficient (Wildman–Crippen LogP) is 0.681. The molecule has 4 heteroatoms. The Labute approximate surface area is 127 Å². The number of aryl methyl sites for hydroxylation is 1. The van der Waals surface area contributed by atoms with Gasteiger partial charge in [0.15, 0.2) is 0 Å². The third-order valence-corrected chi connectivity index (χ3v) is 3.92. The number of aliphatic hydroxyl groups excluding tert-OH is 1. The average Bonchev–Trinajstić information content (AvgIpc) is 2.44. The lowest BCUT2D eigenvalue weighted by Gasteiger charge is -2.33. The second kappa shape index (κ2) is 7.78. The topological polar surface area (TPSA) is 43.1 Å². The minimum absolute atomic E-state index is 0.262. The summed E-state index contributed by atoms with van der Waals surface area (Å²) in [6.45, 7) is 9.28. The molecule has 1 saturated heterocycles. The van der Waals surface area contributed by atoms with Gasteiger partial charge < -0.3 is 19.5 Å². The van der Waals surface area contributed by atoms with Gasteiger partial charge in [-0.1, -0.05) is 19.1 Å². The Morgan fingerprint density at radius 2 is 1.86 bits per heavy atom. The first-order valence-electron chi connectivity index (χ1n) is 7.95. The molecule has 0 radical (unpaired) electrons. The maximum Gasteiger partial charge on any atom is 0.137 e. The van der Waals surface area contributed by atoms with E-state index in [4.69, 9.17) is 9.47 Å². The van der Waals surface area contributed by atoms with E-state index in [1.165, 1.54) is 10.5 Å². The highest BCUT2D eigenvalue weighted by molar-refractivity contribution is 5.27. The number of rotatable bonds is 6. The van der Waals surface area contributed by atoms with Gasteiger partial charge in [-0.3, -0.25) is 0 Å². The van der Waals surface area contributed by atoms with Gasteiger partial charge in [0.25, 0.3) is 0 Å². The van der Waals surface area contributed by atoms with Crippen LogP contribution in [-0.4, -0.2) is 49.7 Å². The first-order chi connectivity index (χ1) is 10.1. The van der Waals surface area contributed by atoms with Gasteiger partial charge in [-0.05, 0) is 38.0 Å². The summed E-state index contributed by atoms with van der Waals surface area (Å²) in [5, 5.41) is 10.1. The number of hydrogen-bond acceptors (Lipinski definition) is 3. The van der Waals surface area contributed by atoms with Crippen LogP contribution in [0.2, 0.25) is 0 Å². The van der Waals surface area contributed by atoms with Gasteiger partial charge in [0, 0.05) is 0 Å². The molecule has 1 aliphatic heterocycles. The van der Waals surface area contributed by atoms with Crippen molar-refractivity contribution in [3.05, 3.63) is 29.8 Å². The molecule has 0 amide bonds. The molecule has 1 aromatic rings. The Kier molecular flexibility index (Phi) is 6.03. The third-order valence-electron chi connectivity index (χ3n) is 3.92. The molecule has 1 heterocycles. The lowest BCUT2D eigenvalue weighted by Crippen LogP contribution is -3.16. The van der Waals surface area contributed by atoms with Crippen molar-refractivity contribution in [2.75, 3.05) is 26.2 Å². The Morgan fingerprint density at radius 1 is 1.24 bits per heavy atom. The predicted molar refractivity (Wildman–Crippen MR) is 82.9 cm³/mol. The van der Waals surface area contributed by atoms with E-state index in [1.807, 2.05) is 12.1 Å². The van der Waals surface area contributed by atoms with Crippen LogP contribution >= 0.6 is 0 Å². The summed E-state index contributed by atoms with van der Waals surface area (Å²) in [5.74, 6) is 0.824. The number of quaternary nitrogens is 1. The zero-order valence-electron chi connectivity index (χ0n) is 13.3. The summed E-state index contributed by atoms with van der Waals surface area (Å²) in [5.41, 5.74) is 1.30. The van der Waals surface area contributed by atoms with E-state index in [9.17, 15) is 5.11 Å². The second-order valence-electron chi connectivity index (χ2n) is 6.08. The summed E-state index contributed by atoms with van der Waals surface area (Å²) in [4.78, 5) is 1.39. The minimum atomic E-state index is -0.441. The van der Waals surface area contributed by atoms with Gasteiger partial charge in [-0.25, -0.2) is 0 Å². The van der Waals surface area contributed by atoms with Crippen LogP contribution in [0.15, 0.2) is 24.3 Å². The molecule has 2 rings (SSSR count). The van der Waals surface area contributed by atoms with Gasteiger partial charge in [0.2, 0.25) is 0 Å². The van der Waals surface area contributed by atoms with E-state index >= 15 is 0 Å². The quantitative estimate of drug-likeness (QED) is 0.811. The lowest BCUT2D eigenvalue weighted by molar-refractivity contribution is -0.918. The fraction of sp³-hybridized carbons (Fsp3) is 0.647. The van der Waals surface area contributed by atoms with E-state index in [1.54, 1.807) is 0 Å². The largest absolute Gasteiger partial charge is 0.491 e. The Bertz CT molecular complexity index is 411. The number of nitrogens with one attached hydrogen (secondary N) is 1. The van der Waals surface area contributed by atoms with Crippen LogP contribution in [0, 0.1) is 0 Å². The number of hydrogen-bond donors (Lipinski definition) is 2. The molecule has 0 saturated carbocycles. The third kappa shape index (κ3) is 5.30. The van der Waals surface area contributed by atoms with Crippen molar-refractivity contribution in [1.82, 2.24) is 0 Å². The van der Waals surface area contributed by atoms with Crippen molar-refractivity contribution in [2.45, 2.75) is 45.5 Å². The molecule has 0 aliphatic carbocycles. The van der Waals surface area contributed by atoms with Crippen molar-refractivity contribution < 1.29 is 19.5 Å². The second-order valence-corrected chi connectivity index (χ2v) is 6.08. The molecule has 4 nitrogen and oxygen atoms in total. The van der Waals surface area contributed by atoms with Crippen molar-refractivity contribution >= 4 is 0 Å². The van der Waals surface area contributed by atoms with Crippen molar-refractivity contribution in [1.29, 1.82) is 0 Å². The summed E-state index contributed by atoms with van der Waals surface area (Å²) in [6.07, 6.45) is 1.11. The Balaban J connectivity index is 1.74. The molecule has 1 aliphatic rings. The zero-order chi connectivity index (χ0) is 15.2. The normalized spacial score (nSPS) is 27.3. The zero-order valence-corrected chi connectivity index (χ0v) is 13.3. The van der Waals surface area contributed by atoms with Gasteiger partial charge in [0.1, 0.15) is 50.3 Å². The molecule has 21 heavy (non-hydrogen) atoms. The molecule has 0 spiro atoms. The highest BCUT2D eigenvalue weighted by Crippen LogP contribution is 2.12. The van der Waals surface area contributed by atoms with Gasteiger partial charge >= 0.3 is 0 Å². The SMILES string of the molecule is CCc1ccc(OC[C@H](O)C[NH+]2C[C@@H](C)O[C@H](C)C2)cc1. The van der Waals surface area contributed by atoms with E-state index in [0.29, 0.717) is 13.2 Å². The highest BCUT2D eigenvalue weighted by atomic mass is 16.5. The number of benzene rings is 1. The molecule has 0 aromatic heterocycles. The van der Waals surface area contributed by atoms with Gasteiger partial charge in [0.05, 0.1) is 0 Å². The van der Waals surface area contributed by atoms with Crippen LogP contribution in [0.25, 0.3) is 0 Å². The van der Waals surface area contributed by atoms with Gasteiger partial charge in [-0.15, -0.1) is 0 Å². The van der Waals surface area contributed by atoms with E-state index in [2.05, 4.69) is 32.9 Å². The summed E-state index contributed by atoms with van der Waals surface area (Å²) in [7, 11) is 0. The van der Waals surface area contributed by atoms with Crippen molar-refractivity contribution in [2.24, 2.45) is 0 Å². The fourth-order valence-corrected chi connectivity index (χ4v) is 2.96. The number of aliphatic hydroxyl groups is 1. The summed E-state index contributed by atoms with van der Waals surface area (Å²) in [6, 6.07) is 8.07. The maximum absolute atomic E-state index is 10.1. The number of ether oxygens (including phenoxy) is 2. The van der Waals surface area contributed by atoms with Crippen LogP contribution in [0.1, 0.15) is 26.3 Å². The summed E-state index contributed by atoms with van der Waals surface area (Å²) >= 11 is 0. The van der Waals surface area contributed by atoms with Crippen LogP contribution in [0.4, 0.5) is 0 Å². The van der Waals surface area contributed by atoms with E-state index in [-0.39, 0.29) is 12.2 Å². The average molecular weight is 294 g/mol. The standard InChI is InChI=1S/C17H27NO3/c1-4-15-5-7-17(8-6-15)20-12-16(19)11-18-9-13(2)21-14(3)10-18/h5-8,13-14,16,19H,4,9-12H2,1-3H3/p+1/t13-,14-,16-/m1/s1. The molecule has 0 bridgehead atoms. The highest BCUT2D eigenvalue weighted by Gasteiger charge is 2.27. The lowest BCUT2D eigenvalue weighted by atomic mass is 10.2. The fourth-order valence-electron chi connectivity index (χ4n) is 2.96. The molecule has 2 N–H and O–H groups in total. The van der Waals surface area contributed by atoms with Crippen LogP contribution in [-0.2, 0) is 11.2 Å². The number of morpholine rings is 1. The van der Waals surface area contributed by atoms with Crippen molar-refractivity contribution in [3.8, 4) is 5.75 Å². The molecule has 0 unspecified atom stereocenters. The molecule has 1 aromatic carbocycles. The molecule has 1 fully saturated rings. The maximum atomic E-state index is 10.1. The van der Waals surface area contributed by atoms with Gasteiger partial charge in [-0.2, -0.15) is 0 Å². The first kappa shape index (κ1) is 16.3. The van der Waals surface area contributed by atoms with E-state index < -0.39 is 6.10 Å². The van der Waals surface area contributed by atoms with Crippen molar-refractivity contribution in [3.63, 3.8) is 0 Å². The van der Waals surface area contributed by atoms with Crippen LogP contribution in [0.3, 0.4) is 0 Å². The first-order valence-corrected chi connectivity index (χ1v) is 7.95. The molecule has 118 valence electrons. The van der Waals surface area contributed by atoms with Crippen LogP contribution in [0.5, 0.6) is 5.75 Å². The molecular formula is C17H28NO3+. The van der Waals surface area contributed by atoms with E-state index in [0.717, 1.165) is 25.3 Å². The smallest absolute Gasteiger partial charge is 0.137 e. The Hall–Kier alpha value is -1.10. The Morgan fingerprint density at radius 3 is 2.43 bits per heavy atom. The molecule has 3 atom stereocenters. The van der Waals surface area contributed by atoms with Crippen LogP contribution < -0.4 is 9.64 Å².